The first-order chi connectivity index (χ1) is 17.8. The van der Waals surface area contributed by atoms with Crippen LogP contribution in [-0.4, -0.2) is 24.1 Å². The van der Waals surface area contributed by atoms with E-state index >= 15 is 0 Å². The first-order valence-corrected chi connectivity index (χ1v) is 13.7. The number of para-hydroxylation sites is 4. The Kier molecular flexibility index (Phi) is 15.9. The molecular formula is C31H37Cl3FeN5. The molecule has 3 aromatic heterocycles. The third-order valence-corrected chi connectivity index (χ3v) is 6.99. The number of unbranched alkanes of at least 4 members (excludes halogenated alkanes) is 6. The summed E-state index contributed by atoms with van der Waals surface area (Å²) in [5.74, 6) is 1.89. The van der Waals surface area contributed by atoms with Gasteiger partial charge in [0.15, 0.2) is 11.6 Å². The van der Waals surface area contributed by atoms with Gasteiger partial charge in [-0.15, -0.1) is 0 Å². The molecule has 215 valence electrons. The second-order valence-corrected chi connectivity index (χ2v) is 9.68. The van der Waals surface area contributed by atoms with Gasteiger partial charge in [0.1, 0.15) is 11.4 Å². The van der Waals surface area contributed by atoms with Crippen molar-refractivity contribution in [2.24, 2.45) is 0 Å². The van der Waals surface area contributed by atoms with Crippen molar-refractivity contribution in [1.29, 1.82) is 0 Å². The molecule has 0 spiro atoms. The summed E-state index contributed by atoms with van der Waals surface area (Å²) >= 11 is 0. The number of halogens is 3. The van der Waals surface area contributed by atoms with Crippen LogP contribution in [0.2, 0.25) is 0 Å². The van der Waals surface area contributed by atoms with Gasteiger partial charge in [0.2, 0.25) is 0 Å². The van der Waals surface area contributed by atoms with E-state index in [1.807, 2.05) is 0 Å². The van der Waals surface area contributed by atoms with Crippen LogP contribution >= 0.6 is 0 Å². The van der Waals surface area contributed by atoms with E-state index in [1.54, 1.807) is 0 Å². The van der Waals surface area contributed by atoms with Crippen molar-refractivity contribution in [1.82, 2.24) is 24.1 Å². The molecule has 0 unspecified atom stereocenters. The maximum atomic E-state index is 5.15. The predicted octanol–water partition coefficient (Wildman–Crippen LogP) is -0.715. The molecule has 0 amide bonds. The van der Waals surface area contributed by atoms with Crippen LogP contribution in [0.15, 0.2) is 66.7 Å². The number of pyridine rings is 1. The Bertz CT molecular complexity index is 1340. The van der Waals surface area contributed by atoms with Crippen LogP contribution in [-0.2, 0) is 30.2 Å². The van der Waals surface area contributed by atoms with Crippen LogP contribution in [0.25, 0.3) is 45.1 Å². The van der Waals surface area contributed by atoms with Gasteiger partial charge in [-0.05, 0) is 49.2 Å². The third-order valence-electron chi connectivity index (χ3n) is 6.99. The van der Waals surface area contributed by atoms with Crippen molar-refractivity contribution >= 4 is 22.1 Å². The summed E-state index contributed by atoms with van der Waals surface area (Å²) in [7, 11) is 0. The molecule has 0 atom stereocenters. The smallest absolute Gasteiger partial charge is 1.00 e. The van der Waals surface area contributed by atoms with E-state index in [-0.39, 0.29) is 54.3 Å². The van der Waals surface area contributed by atoms with Crippen LogP contribution in [0.5, 0.6) is 0 Å². The topological polar surface area (TPSA) is 48.5 Å². The van der Waals surface area contributed by atoms with E-state index in [0.29, 0.717) is 0 Å². The first kappa shape index (κ1) is 35.9. The Labute approximate surface area is 267 Å². The number of rotatable bonds is 12. The quantitative estimate of drug-likeness (QED) is 0.134. The SMILES string of the molecule is CCCCCCn1c(-c2cccc(-c3nc4ccccc4n3CCCCCC)n2)nc2ccccc21.[Cl-].[Cl-].[Cl-].[Fe+3]. The molecule has 1 radical (unpaired) electrons. The average Bonchev–Trinajstić information content (AvgIpc) is 3.48. The standard InChI is InChI=1S/C31H37N5.3ClH.Fe/c1-3-5-7-13-22-35-28-20-11-9-16-24(28)33-30(35)26-18-15-19-27(32-26)31-34-25-17-10-12-21-29(25)36(31)23-14-8-6-4-2;;;;/h9-12,15-21H,3-8,13-14,22-23H2,1-2H3;3*1H;/q;;;;+3/p-3. The van der Waals surface area contributed by atoms with E-state index < -0.39 is 0 Å². The molecule has 5 aromatic rings. The summed E-state index contributed by atoms with van der Waals surface area (Å²) in [6.07, 6.45) is 9.77. The van der Waals surface area contributed by atoms with E-state index in [1.165, 1.54) is 49.6 Å². The Morgan fingerprint density at radius 2 is 0.925 bits per heavy atom. The molecule has 0 aliphatic carbocycles. The third kappa shape index (κ3) is 8.02. The number of hydrogen-bond donors (Lipinski definition) is 0. The van der Waals surface area contributed by atoms with E-state index in [2.05, 4.69) is 89.7 Å². The largest absolute Gasteiger partial charge is 3.00 e. The minimum absolute atomic E-state index is 0. The van der Waals surface area contributed by atoms with Crippen LogP contribution < -0.4 is 37.2 Å². The van der Waals surface area contributed by atoms with Crippen LogP contribution in [0, 0.1) is 0 Å². The van der Waals surface area contributed by atoms with Crippen molar-refractivity contribution < 1.29 is 54.3 Å². The molecule has 9 heteroatoms. The van der Waals surface area contributed by atoms with Gasteiger partial charge in [0.25, 0.3) is 0 Å². The number of aryl methyl sites for hydroxylation is 2. The summed E-state index contributed by atoms with van der Waals surface area (Å²) < 4.78 is 4.70. The zero-order valence-electron chi connectivity index (χ0n) is 23.1. The van der Waals surface area contributed by atoms with Gasteiger partial charge in [-0.1, -0.05) is 82.7 Å². The van der Waals surface area contributed by atoms with Crippen molar-refractivity contribution in [2.45, 2.75) is 78.3 Å². The summed E-state index contributed by atoms with van der Waals surface area (Å²) in [5, 5.41) is 0. The molecule has 5 nitrogen and oxygen atoms in total. The monoisotopic (exact) mass is 640 g/mol. The number of benzene rings is 2. The Balaban J connectivity index is 0.00000200. The summed E-state index contributed by atoms with van der Waals surface area (Å²) in [4.78, 5) is 15.2. The van der Waals surface area contributed by atoms with Crippen LogP contribution in [0.1, 0.15) is 65.2 Å². The van der Waals surface area contributed by atoms with Crippen LogP contribution in [0.4, 0.5) is 0 Å². The molecule has 0 aliphatic rings. The zero-order chi connectivity index (χ0) is 24.7. The maximum Gasteiger partial charge on any atom is 3.00 e. The van der Waals surface area contributed by atoms with Gasteiger partial charge >= 0.3 is 17.1 Å². The molecule has 0 aliphatic heterocycles. The summed E-state index contributed by atoms with van der Waals surface area (Å²) in [6, 6.07) is 23.1. The van der Waals surface area contributed by atoms with Crippen molar-refractivity contribution in [3.8, 4) is 23.0 Å². The molecule has 3 heterocycles. The second kappa shape index (κ2) is 17.7. The number of hydrogen-bond acceptors (Lipinski definition) is 3. The van der Waals surface area contributed by atoms with Crippen molar-refractivity contribution in [3.05, 3.63) is 66.7 Å². The van der Waals surface area contributed by atoms with Gasteiger partial charge in [-0.2, -0.15) is 0 Å². The Morgan fingerprint density at radius 3 is 1.35 bits per heavy atom. The minimum Gasteiger partial charge on any atom is -1.00 e. The number of aromatic nitrogens is 5. The zero-order valence-corrected chi connectivity index (χ0v) is 26.5. The number of imidazole rings is 2. The maximum absolute atomic E-state index is 5.15. The molecule has 0 bridgehead atoms. The average molecular weight is 642 g/mol. The minimum atomic E-state index is 0. The van der Waals surface area contributed by atoms with E-state index in [9.17, 15) is 0 Å². The fourth-order valence-corrected chi connectivity index (χ4v) is 5.07. The van der Waals surface area contributed by atoms with Gasteiger partial charge in [-0.25, -0.2) is 15.0 Å². The molecule has 0 fully saturated rings. The molecule has 5 rings (SSSR count). The molecule has 0 saturated heterocycles. The van der Waals surface area contributed by atoms with Gasteiger partial charge in [0, 0.05) is 13.1 Å². The Morgan fingerprint density at radius 1 is 0.500 bits per heavy atom. The normalized spacial score (nSPS) is 10.4. The van der Waals surface area contributed by atoms with Gasteiger partial charge < -0.3 is 46.4 Å². The van der Waals surface area contributed by atoms with Crippen molar-refractivity contribution in [2.75, 3.05) is 0 Å². The Hall–Kier alpha value is -2.08. The number of nitrogens with zero attached hydrogens (tertiary/aromatic N) is 5. The molecular weight excluding hydrogens is 605 g/mol. The molecule has 0 saturated carbocycles. The van der Waals surface area contributed by atoms with E-state index in [4.69, 9.17) is 15.0 Å². The second-order valence-electron chi connectivity index (χ2n) is 9.68. The predicted molar refractivity (Wildman–Crippen MR) is 150 cm³/mol. The molecule has 0 N–H and O–H groups in total. The van der Waals surface area contributed by atoms with Gasteiger partial charge in [0.05, 0.1) is 22.1 Å². The van der Waals surface area contributed by atoms with Crippen LogP contribution in [0.3, 0.4) is 0 Å². The summed E-state index contributed by atoms with van der Waals surface area (Å²) in [5.41, 5.74) is 6.23. The fourth-order valence-electron chi connectivity index (χ4n) is 5.07. The van der Waals surface area contributed by atoms with Gasteiger partial charge in [-0.3, -0.25) is 0 Å². The van der Waals surface area contributed by atoms with Crippen molar-refractivity contribution in [3.63, 3.8) is 0 Å². The molecule has 40 heavy (non-hydrogen) atoms. The van der Waals surface area contributed by atoms with E-state index in [0.717, 1.165) is 60.0 Å². The molecule has 2 aromatic carbocycles. The number of fused-ring (bicyclic) bond motifs is 2. The first-order valence-electron chi connectivity index (χ1n) is 13.7. The fraction of sp³-hybridized carbons (Fsp3) is 0.387. The summed E-state index contributed by atoms with van der Waals surface area (Å²) in [6.45, 7) is 6.42.